The summed E-state index contributed by atoms with van der Waals surface area (Å²) in [6, 6.07) is 11.5. The molecule has 0 amide bonds. The average molecular weight is 295 g/mol. The van der Waals surface area contributed by atoms with Crippen molar-refractivity contribution in [1.82, 2.24) is 9.55 Å². The highest BCUT2D eigenvalue weighted by atomic mass is 16.5. The fourth-order valence-electron chi connectivity index (χ4n) is 2.42. The molecule has 0 saturated heterocycles. The minimum Gasteiger partial charge on any atom is -0.493 e. The number of benzene rings is 2. The molecule has 5 nitrogen and oxygen atoms in total. The fraction of sp³-hybridized carbons (Fsp3) is 0.188. The SMILES string of the molecule is COc1cc2ncn(Cc3ccc([B]O)cc3)c2cc1OC. The quantitative estimate of drug-likeness (QED) is 0.722. The van der Waals surface area contributed by atoms with E-state index >= 15 is 0 Å². The van der Waals surface area contributed by atoms with Crippen LogP contribution in [0.3, 0.4) is 0 Å². The lowest BCUT2D eigenvalue weighted by Gasteiger charge is -2.09. The van der Waals surface area contributed by atoms with Crippen LogP contribution >= 0.6 is 0 Å². The van der Waals surface area contributed by atoms with Gasteiger partial charge in [0.2, 0.25) is 0 Å². The molecular weight excluding hydrogens is 279 g/mol. The minimum absolute atomic E-state index is 0.670. The summed E-state index contributed by atoms with van der Waals surface area (Å²) < 4.78 is 12.7. The maximum atomic E-state index is 8.97. The maximum absolute atomic E-state index is 8.97. The van der Waals surface area contributed by atoms with E-state index in [4.69, 9.17) is 14.5 Å². The van der Waals surface area contributed by atoms with Gasteiger partial charge in [-0.2, -0.15) is 0 Å². The molecule has 2 aromatic carbocycles. The Morgan fingerprint density at radius 1 is 1.09 bits per heavy atom. The van der Waals surface area contributed by atoms with Crippen LogP contribution in [0.15, 0.2) is 42.7 Å². The molecule has 111 valence electrons. The summed E-state index contributed by atoms with van der Waals surface area (Å²) >= 11 is 0. The molecule has 0 aliphatic heterocycles. The molecule has 1 radical (unpaired) electrons. The number of rotatable bonds is 5. The van der Waals surface area contributed by atoms with Gasteiger partial charge in [0.15, 0.2) is 11.5 Å². The van der Waals surface area contributed by atoms with Crippen molar-refractivity contribution >= 4 is 24.0 Å². The lowest BCUT2D eigenvalue weighted by molar-refractivity contribution is 0.355. The topological polar surface area (TPSA) is 56.5 Å². The molecule has 0 atom stereocenters. The zero-order chi connectivity index (χ0) is 15.5. The first-order valence-electron chi connectivity index (χ1n) is 6.88. The van der Waals surface area contributed by atoms with E-state index in [9.17, 15) is 0 Å². The number of ether oxygens (including phenoxy) is 2. The van der Waals surface area contributed by atoms with Gasteiger partial charge in [0.1, 0.15) is 0 Å². The molecule has 0 unspecified atom stereocenters. The lowest BCUT2D eigenvalue weighted by atomic mass is 9.88. The average Bonchev–Trinajstić information content (AvgIpc) is 2.96. The van der Waals surface area contributed by atoms with Crippen molar-refractivity contribution in [2.24, 2.45) is 0 Å². The fourth-order valence-corrected chi connectivity index (χ4v) is 2.42. The van der Waals surface area contributed by atoms with E-state index in [1.54, 1.807) is 20.5 Å². The second kappa shape index (κ2) is 6.11. The third-order valence-corrected chi connectivity index (χ3v) is 3.61. The van der Waals surface area contributed by atoms with Crippen molar-refractivity contribution in [2.75, 3.05) is 14.2 Å². The van der Waals surface area contributed by atoms with Crippen LogP contribution in [0.2, 0.25) is 0 Å². The Morgan fingerprint density at radius 3 is 2.41 bits per heavy atom. The van der Waals surface area contributed by atoms with E-state index in [0.717, 1.165) is 29.5 Å². The monoisotopic (exact) mass is 295 g/mol. The van der Waals surface area contributed by atoms with Crippen molar-refractivity contribution in [3.8, 4) is 11.5 Å². The second-order valence-corrected chi connectivity index (χ2v) is 4.94. The highest BCUT2D eigenvalue weighted by molar-refractivity contribution is 6.45. The molecular formula is C16H16BN2O3. The number of fused-ring (bicyclic) bond motifs is 1. The van der Waals surface area contributed by atoms with Gasteiger partial charge in [-0.05, 0) is 5.56 Å². The summed E-state index contributed by atoms with van der Waals surface area (Å²) in [6.07, 6.45) is 1.80. The number of imidazole rings is 1. The standard InChI is InChI=1S/C16H16BN2O3/c1-21-15-7-13-14(8-16(15)22-2)19(10-18-13)9-11-3-5-12(17-20)6-4-11/h3-8,10,20H,9H2,1-2H3. The van der Waals surface area contributed by atoms with E-state index in [0.29, 0.717) is 18.0 Å². The molecule has 0 bridgehead atoms. The second-order valence-electron chi connectivity index (χ2n) is 4.94. The number of aromatic nitrogens is 2. The van der Waals surface area contributed by atoms with Gasteiger partial charge in [0.05, 0.1) is 31.6 Å². The Bertz CT molecular complexity index is 784. The third-order valence-electron chi connectivity index (χ3n) is 3.61. The van der Waals surface area contributed by atoms with Crippen LogP contribution < -0.4 is 14.9 Å². The highest BCUT2D eigenvalue weighted by Crippen LogP contribution is 2.31. The van der Waals surface area contributed by atoms with Crippen LogP contribution in [0.1, 0.15) is 5.56 Å². The highest BCUT2D eigenvalue weighted by Gasteiger charge is 2.10. The number of nitrogens with zero attached hydrogens (tertiary/aromatic N) is 2. The van der Waals surface area contributed by atoms with E-state index in [-0.39, 0.29) is 0 Å². The number of hydrogen-bond acceptors (Lipinski definition) is 4. The third kappa shape index (κ3) is 2.65. The summed E-state index contributed by atoms with van der Waals surface area (Å²) in [5, 5.41) is 8.97. The van der Waals surface area contributed by atoms with Crippen molar-refractivity contribution in [1.29, 1.82) is 0 Å². The number of hydrogen-bond donors (Lipinski definition) is 1. The maximum Gasteiger partial charge on any atom is 0.326 e. The first kappa shape index (κ1) is 14.5. The lowest BCUT2D eigenvalue weighted by Crippen LogP contribution is -2.12. The van der Waals surface area contributed by atoms with Crippen LogP contribution in [-0.4, -0.2) is 36.3 Å². The van der Waals surface area contributed by atoms with E-state index in [1.807, 2.05) is 36.4 Å². The first-order valence-corrected chi connectivity index (χ1v) is 6.88. The predicted octanol–water partition coefficient (Wildman–Crippen LogP) is 1.34. The zero-order valence-corrected chi connectivity index (χ0v) is 12.5. The minimum atomic E-state index is 0.670. The summed E-state index contributed by atoms with van der Waals surface area (Å²) in [5.41, 5.74) is 3.75. The number of methoxy groups -OCH3 is 2. The Labute approximate surface area is 129 Å². The normalized spacial score (nSPS) is 10.7. The molecule has 6 heteroatoms. The summed E-state index contributed by atoms with van der Waals surface area (Å²) in [7, 11) is 4.32. The van der Waals surface area contributed by atoms with Gasteiger partial charge in [0.25, 0.3) is 0 Å². The van der Waals surface area contributed by atoms with Gasteiger partial charge in [-0.1, -0.05) is 29.7 Å². The van der Waals surface area contributed by atoms with Crippen molar-refractivity contribution in [2.45, 2.75) is 6.54 Å². The molecule has 0 aliphatic carbocycles. The Hall–Kier alpha value is -2.47. The predicted molar refractivity (Wildman–Crippen MR) is 86.0 cm³/mol. The van der Waals surface area contributed by atoms with Gasteiger partial charge in [0, 0.05) is 18.7 Å². The van der Waals surface area contributed by atoms with Gasteiger partial charge in [-0.15, -0.1) is 0 Å². The van der Waals surface area contributed by atoms with Gasteiger partial charge < -0.3 is 19.1 Å². The summed E-state index contributed by atoms with van der Waals surface area (Å²) in [5.74, 6) is 1.35. The first-order chi connectivity index (χ1) is 10.7. The van der Waals surface area contributed by atoms with Crippen molar-refractivity contribution < 1.29 is 14.5 Å². The molecule has 22 heavy (non-hydrogen) atoms. The molecule has 3 rings (SSSR count). The van der Waals surface area contributed by atoms with Crippen LogP contribution in [0.5, 0.6) is 11.5 Å². The van der Waals surface area contributed by atoms with E-state index in [2.05, 4.69) is 9.55 Å². The molecule has 1 N–H and O–H groups in total. The molecule has 1 aromatic heterocycles. The summed E-state index contributed by atoms with van der Waals surface area (Å²) in [4.78, 5) is 4.41. The van der Waals surface area contributed by atoms with E-state index < -0.39 is 0 Å². The molecule has 0 saturated carbocycles. The molecule has 0 aliphatic rings. The smallest absolute Gasteiger partial charge is 0.326 e. The van der Waals surface area contributed by atoms with Crippen LogP contribution in [-0.2, 0) is 6.54 Å². The van der Waals surface area contributed by atoms with Gasteiger partial charge in [-0.25, -0.2) is 4.98 Å². The molecule has 0 spiro atoms. The summed E-state index contributed by atoms with van der Waals surface area (Å²) in [6.45, 7) is 0.692. The van der Waals surface area contributed by atoms with Crippen LogP contribution in [0.4, 0.5) is 0 Å². The van der Waals surface area contributed by atoms with Crippen molar-refractivity contribution in [3.63, 3.8) is 0 Å². The Kier molecular flexibility index (Phi) is 4.02. The Morgan fingerprint density at radius 2 is 1.77 bits per heavy atom. The van der Waals surface area contributed by atoms with Gasteiger partial charge in [-0.3, -0.25) is 0 Å². The van der Waals surface area contributed by atoms with Gasteiger partial charge >= 0.3 is 7.48 Å². The van der Waals surface area contributed by atoms with E-state index in [1.165, 1.54) is 0 Å². The largest absolute Gasteiger partial charge is 0.493 e. The van der Waals surface area contributed by atoms with Crippen molar-refractivity contribution in [3.05, 3.63) is 48.3 Å². The molecule has 3 aromatic rings. The zero-order valence-electron chi connectivity index (χ0n) is 12.5. The van der Waals surface area contributed by atoms with Crippen LogP contribution in [0.25, 0.3) is 11.0 Å². The Balaban J connectivity index is 1.96. The van der Waals surface area contributed by atoms with Crippen LogP contribution in [0, 0.1) is 0 Å². The molecule has 1 heterocycles. The molecule has 0 fully saturated rings.